The van der Waals surface area contributed by atoms with Gasteiger partial charge in [0.15, 0.2) is 0 Å². The molecule has 1 aromatic rings. The number of carboxylic acids is 1. The van der Waals surface area contributed by atoms with Crippen LogP contribution in [0.25, 0.3) is 0 Å². The van der Waals surface area contributed by atoms with Crippen LogP contribution in [0.3, 0.4) is 0 Å². The Bertz CT molecular complexity index is 497. The molecular weight excluding hydrogens is 258 g/mol. The van der Waals surface area contributed by atoms with E-state index >= 15 is 0 Å². The van der Waals surface area contributed by atoms with Gasteiger partial charge in [0.05, 0.1) is 12.3 Å². The molecule has 5 nitrogen and oxygen atoms in total. The van der Waals surface area contributed by atoms with Crippen LogP contribution in [-0.4, -0.2) is 40.1 Å². The maximum Gasteiger partial charge on any atom is 0.306 e. The lowest BCUT2D eigenvalue weighted by Crippen LogP contribution is -2.45. The Hall–Kier alpha value is -2.04. The molecule has 2 unspecified atom stereocenters. The average molecular weight is 277 g/mol. The molecule has 20 heavy (non-hydrogen) atoms. The van der Waals surface area contributed by atoms with Gasteiger partial charge in [-0.05, 0) is 30.0 Å². The lowest BCUT2D eigenvalue weighted by Gasteiger charge is -2.35. The van der Waals surface area contributed by atoms with E-state index in [1.54, 1.807) is 29.2 Å². The third-order valence-corrected chi connectivity index (χ3v) is 3.87. The van der Waals surface area contributed by atoms with E-state index < -0.39 is 5.97 Å². The molecule has 0 aliphatic carbocycles. The van der Waals surface area contributed by atoms with Gasteiger partial charge in [-0.3, -0.25) is 9.59 Å². The zero-order valence-corrected chi connectivity index (χ0v) is 11.5. The maximum absolute atomic E-state index is 12.2. The first kappa shape index (κ1) is 14.4. The number of benzene rings is 1. The molecule has 0 radical (unpaired) electrons. The van der Waals surface area contributed by atoms with E-state index in [-0.39, 0.29) is 29.9 Å². The van der Waals surface area contributed by atoms with Crippen molar-refractivity contribution in [2.24, 2.45) is 11.8 Å². The third-order valence-electron chi connectivity index (χ3n) is 3.87. The molecule has 2 rings (SSSR count). The Labute approximate surface area is 117 Å². The number of rotatable bonds is 3. The molecule has 1 fully saturated rings. The Balaban J connectivity index is 1.94. The van der Waals surface area contributed by atoms with Gasteiger partial charge in [0.25, 0.3) is 0 Å². The van der Waals surface area contributed by atoms with Crippen molar-refractivity contribution in [2.45, 2.75) is 19.8 Å². The molecule has 108 valence electrons. The molecular formula is C15H19NO4. The van der Waals surface area contributed by atoms with Crippen molar-refractivity contribution >= 4 is 11.9 Å². The molecule has 2 N–H and O–H groups in total. The van der Waals surface area contributed by atoms with Crippen LogP contribution in [0.5, 0.6) is 5.75 Å². The third kappa shape index (κ3) is 3.29. The Morgan fingerprint density at radius 3 is 2.50 bits per heavy atom. The zero-order chi connectivity index (χ0) is 14.7. The fraction of sp³-hybridized carbons (Fsp3) is 0.467. The summed E-state index contributed by atoms with van der Waals surface area (Å²) in [4.78, 5) is 25.0. The number of hydrogen-bond donors (Lipinski definition) is 2. The first-order chi connectivity index (χ1) is 9.47. The fourth-order valence-corrected chi connectivity index (χ4v) is 2.64. The fourth-order valence-electron chi connectivity index (χ4n) is 2.64. The van der Waals surface area contributed by atoms with E-state index in [2.05, 4.69) is 0 Å². The normalized spacial score (nSPS) is 22.6. The van der Waals surface area contributed by atoms with Gasteiger partial charge in [-0.1, -0.05) is 19.1 Å². The lowest BCUT2D eigenvalue weighted by molar-refractivity contribution is -0.148. The minimum atomic E-state index is -0.775. The lowest BCUT2D eigenvalue weighted by atomic mass is 9.87. The highest BCUT2D eigenvalue weighted by atomic mass is 16.4. The summed E-state index contributed by atoms with van der Waals surface area (Å²) >= 11 is 0. The van der Waals surface area contributed by atoms with E-state index in [1.807, 2.05) is 6.92 Å². The van der Waals surface area contributed by atoms with Gasteiger partial charge in [-0.25, -0.2) is 0 Å². The standard InChI is InChI=1S/C15H19NO4/c1-10-9-16(7-6-13(10)15(19)20)14(18)8-11-2-4-12(17)5-3-11/h2-5,10,13,17H,6-9H2,1H3,(H,19,20). The molecule has 0 bridgehead atoms. The summed E-state index contributed by atoms with van der Waals surface area (Å²) in [6.07, 6.45) is 0.794. The number of aliphatic carboxylic acids is 1. The van der Waals surface area contributed by atoms with Crippen molar-refractivity contribution in [3.8, 4) is 5.75 Å². The van der Waals surface area contributed by atoms with E-state index in [4.69, 9.17) is 5.11 Å². The molecule has 1 aromatic carbocycles. The first-order valence-electron chi connectivity index (χ1n) is 6.76. The molecule has 1 saturated heterocycles. The Morgan fingerprint density at radius 2 is 1.95 bits per heavy atom. The summed E-state index contributed by atoms with van der Waals surface area (Å²) in [5.41, 5.74) is 0.848. The number of carboxylic acid groups (broad SMARTS) is 1. The summed E-state index contributed by atoms with van der Waals surface area (Å²) in [6.45, 7) is 2.87. The van der Waals surface area contributed by atoms with E-state index in [1.165, 1.54) is 0 Å². The van der Waals surface area contributed by atoms with Crippen molar-refractivity contribution in [1.29, 1.82) is 0 Å². The topological polar surface area (TPSA) is 77.8 Å². The van der Waals surface area contributed by atoms with E-state index in [0.29, 0.717) is 19.5 Å². The van der Waals surface area contributed by atoms with Crippen molar-refractivity contribution in [3.05, 3.63) is 29.8 Å². The monoisotopic (exact) mass is 277 g/mol. The molecule has 5 heteroatoms. The number of phenolic OH excluding ortho intramolecular Hbond substituents is 1. The number of phenols is 1. The van der Waals surface area contributed by atoms with Crippen LogP contribution in [-0.2, 0) is 16.0 Å². The predicted molar refractivity (Wildman–Crippen MR) is 73.3 cm³/mol. The zero-order valence-electron chi connectivity index (χ0n) is 11.5. The molecule has 2 atom stereocenters. The van der Waals surface area contributed by atoms with Crippen molar-refractivity contribution in [2.75, 3.05) is 13.1 Å². The predicted octanol–water partition coefficient (Wildman–Crippen LogP) is 1.50. The first-order valence-corrected chi connectivity index (χ1v) is 6.76. The van der Waals surface area contributed by atoms with E-state index in [9.17, 15) is 14.7 Å². The molecule has 0 saturated carbocycles. The maximum atomic E-state index is 12.2. The van der Waals surface area contributed by atoms with Gasteiger partial charge >= 0.3 is 5.97 Å². The second-order valence-corrected chi connectivity index (χ2v) is 5.39. The molecule has 1 aliphatic heterocycles. The summed E-state index contributed by atoms with van der Waals surface area (Å²) in [6, 6.07) is 6.56. The molecule has 1 aliphatic rings. The van der Waals surface area contributed by atoms with Gasteiger partial charge in [0.1, 0.15) is 5.75 Å². The number of carbonyl (C=O) groups is 2. The molecule has 1 amide bonds. The molecule has 0 aromatic heterocycles. The van der Waals surface area contributed by atoms with Crippen LogP contribution in [0.4, 0.5) is 0 Å². The van der Waals surface area contributed by atoms with Crippen LogP contribution in [0.15, 0.2) is 24.3 Å². The summed E-state index contributed by atoms with van der Waals surface area (Å²) in [7, 11) is 0. The highest BCUT2D eigenvalue weighted by molar-refractivity contribution is 5.79. The van der Waals surface area contributed by atoms with Crippen LogP contribution < -0.4 is 0 Å². The Morgan fingerprint density at radius 1 is 1.30 bits per heavy atom. The number of aromatic hydroxyl groups is 1. The van der Waals surface area contributed by atoms with Crippen molar-refractivity contribution in [1.82, 2.24) is 4.90 Å². The van der Waals surface area contributed by atoms with Gasteiger partial charge in [0, 0.05) is 13.1 Å². The number of piperidine rings is 1. The number of nitrogens with zero attached hydrogens (tertiary/aromatic N) is 1. The highest BCUT2D eigenvalue weighted by Gasteiger charge is 2.32. The summed E-state index contributed by atoms with van der Waals surface area (Å²) < 4.78 is 0. The van der Waals surface area contributed by atoms with Crippen LogP contribution in [0, 0.1) is 11.8 Å². The minimum Gasteiger partial charge on any atom is -0.508 e. The molecule has 1 heterocycles. The molecule has 0 spiro atoms. The van der Waals surface area contributed by atoms with Crippen LogP contribution in [0.2, 0.25) is 0 Å². The number of carbonyl (C=O) groups excluding carboxylic acids is 1. The average Bonchev–Trinajstić information content (AvgIpc) is 2.40. The second kappa shape index (κ2) is 5.94. The van der Waals surface area contributed by atoms with Crippen molar-refractivity contribution < 1.29 is 19.8 Å². The van der Waals surface area contributed by atoms with Gasteiger partial charge < -0.3 is 15.1 Å². The summed E-state index contributed by atoms with van der Waals surface area (Å²) in [5, 5.41) is 18.3. The number of hydrogen-bond acceptors (Lipinski definition) is 3. The SMILES string of the molecule is CC1CN(C(=O)Cc2ccc(O)cc2)CCC1C(=O)O. The van der Waals surface area contributed by atoms with Crippen LogP contribution in [0.1, 0.15) is 18.9 Å². The van der Waals surface area contributed by atoms with Gasteiger partial charge in [0.2, 0.25) is 5.91 Å². The number of amides is 1. The van der Waals surface area contributed by atoms with Crippen LogP contribution >= 0.6 is 0 Å². The van der Waals surface area contributed by atoms with Gasteiger partial charge in [-0.2, -0.15) is 0 Å². The van der Waals surface area contributed by atoms with Crippen molar-refractivity contribution in [3.63, 3.8) is 0 Å². The quantitative estimate of drug-likeness (QED) is 0.877. The summed E-state index contributed by atoms with van der Waals surface area (Å²) in [5.74, 6) is -0.968. The Kier molecular flexibility index (Phi) is 4.27. The minimum absolute atomic E-state index is 0.00591. The second-order valence-electron chi connectivity index (χ2n) is 5.39. The smallest absolute Gasteiger partial charge is 0.306 e. The van der Waals surface area contributed by atoms with Gasteiger partial charge in [-0.15, -0.1) is 0 Å². The largest absolute Gasteiger partial charge is 0.508 e. The highest BCUT2D eigenvalue weighted by Crippen LogP contribution is 2.24. The van der Waals surface area contributed by atoms with E-state index in [0.717, 1.165) is 5.56 Å². The number of likely N-dealkylation sites (tertiary alicyclic amines) is 1.